The van der Waals surface area contributed by atoms with Gasteiger partial charge >= 0.3 is 0 Å². The van der Waals surface area contributed by atoms with Crippen LogP contribution in [0.3, 0.4) is 0 Å². The van der Waals surface area contributed by atoms with Gasteiger partial charge in [0.25, 0.3) is 0 Å². The number of nitrogens with zero attached hydrogens (tertiary/aromatic N) is 2. The Labute approximate surface area is 164 Å². The first-order valence-electron chi connectivity index (χ1n) is 9.54. The molecule has 142 valence electrons. The lowest BCUT2D eigenvalue weighted by Crippen LogP contribution is -2.30. The van der Waals surface area contributed by atoms with E-state index in [9.17, 15) is 8.78 Å². The molecular weight excluding hydrogens is 354 g/mol. The molecule has 1 aromatic heterocycles. The fraction of sp³-hybridized carbons (Fsp3) is 0.208. The first kappa shape index (κ1) is 18.5. The Morgan fingerprint density at radius 2 is 1.50 bits per heavy atom. The molecule has 0 saturated heterocycles. The Kier molecular flexibility index (Phi) is 5.58. The number of halogens is 2. The van der Waals surface area contributed by atoms with E-state index < -0.39 is 0 Å². The molecule has 0 fully saturated rings. The maximum atomic E-state index is 13.1. The largest absolute Gasteiger partial charge is 0.299 e. The molecule has 2 aromatic carbocycles. The van der Waals surface area contributed by atoms with Crippen molar-refractivity contribution in [2.75, 3.05) is 19.6 Å². The maximum Gasteiger partial charge on any atom is 0.123 e. The number of benzene rings is 2. The minimum atomic E-state index is -0.231. The fourth-order valence-corrected chi connectivity index (χ4v) is 3.55. The fourth-order valence-electron chi connectivity index (χ4n) is 3.55. The van der Waals surface area contributed by atoms with Crippen LogP contribution in [0.5, 0.6) is 0 Å². The molecule has 3 aromatic rings. The quantitative estimate of drug-likeness (QED) is 0.596. The van der Waals surface area contributed by atoms with Crippen molar-refractivity contribution in [2.24, 2.45) is 0 Å². The minimum absolute atomic E-state index is 0.196. The normalized spacial score (nSPS) is 14.7. The minimum Gasteiger partial charge on any atom is -0.299 e. The van der Waals surface area contributed by atoms with Gasteiger partial charge in [0, 0.05) is 37.6 Å². The summed E-state index contributed by atoms with van der Waals surface area (Å²) in [4.78, 5) is 6.77. The highest BCUT2D eigenvalue weighted by molar-refractivity contribution is 5.66. The topological polar surface area (TPSA) is 16.1 Å². The van der Waals surface area contributed by atoms with Gasteiger partial charge in [-0.05, 0) is 65.4 Å². The second-order valence-electron chi connectivity index (χ2n) is 7.13. The highest BCUT2D eigenvalue weighted by Crippen LogP contribution is 2.23. The molecule has 0 aliphatic carbocycles. The monoisotopic (exact) mass is 376 g/mol. The van der Waals surface area contributed by atoms with Crippen LogP contribution in [0, 0.1) is 11.6 Å². The highest BCUT2D eigenvalue weighted by atomic mass is 19.1. The summed E-state index contributed by atoms with van der Waals surface area (Å²) in [7, 11) is 0. The van der Waals surface area contributed by atoms with Gasteiger partial charge in [-0.15, -0.1) is 0 Å². The zero-order valence-corrected chi connectivity index (χ0v) is 15.6. The van der Waals surface area contributed by atoms with E-state index in [1.165, 1.54) is 35.4 Å². The molecule has 0 bridgehead atoms. The van der Waals surface area contributed by atoms with Crippen LogP contribution in [0.2, 0.25) is 0 Å². The van der Waals surface area contributed by atoms with E-state index >= 15 is 0 Å². The van der Waals surface area contributed by atoms with Crippen LogP contribution in [0.25, 0.3) is 16.7 Å². The van der Waals surface area contributed by atoms with Gasteiger partial charge in [0.15, 0.2) is 0 Å². The lowest BCUT2D eigenvalue weighted by molar-refractivity contribution is 0.306. The first-order valence-corrected chi connectivity index (χ1v) is 9.54. The summed E-state index contributed by atoms with van der Waals surface area (Å²) >= 11 is 0. The van der Waals surface area contributed by atoms with Crippen LogP contribution in [0.1, 0.15) is 17.5 Å². The van der Waals surface area contributed by atoms with Crippen LogP contribution in [0.15, 0.2) is 73.1 Å². The van der Waals surface area contributed by atoms with E-state index in [0.29, 0.717) is 0 Å². The molecule has 0 saturated carbocycles. The molecule has 0 atom stereocenters. The van der Waals surface area contributed by atoms with E-state index in [4.69, 9.17) is 0 Å². The Bertz CT molecular complexity index is 963. The third kappa shape index (κ3) is 4.52. The molecule has 28 heavy (non-hydrogen) atoms. The van der Waals surface area contributed by atoms with Gasteiger partial charge in [-0.2, -0.15) is 0 Å². The van der Waals surface area contributed by atoms with Gasteiger partial charge < -0.3 is 0 Å². The molecule has 2 nitrogen and oxygen atoms in total. The first-order chi connectivity index (χ1) is 13.7. The number of hydrogen-bond donors (Lipinski definition) is 0. The van der Waals surface area contributed by atoms with Crippen LogP contribution in [-0.4, -0.2) is 29.5 Å². The zero-order valence-electron chi connectivity index (χ0n) is 15.6. The Balaban J connectivity index is 1.36. The molecule has 2 heterocycles. The molecule has 1 aliphatic heterocycles. The van der Waals surface area contributed by atoms with Crippen molar-refractivity contribution >= 4 is 5.57 Å². The van der Waals surface area contributed by atoms with Crippen LogP contribution in [-0.2, 0) is 6.42 Å². The van der Waals surface area contributed by atoms with Crippen molar-refractivity contribution in [3.05, 3.63) is 95.8 Å². The van der Waals surface area contributed by atoms with Crippen molar-refractivity contribution in [3.63, 3.8) is 0 Å². The van der Waals surface area contributed by atoms with E-state index in [1.807, 2.05) is 24.5 Å². The van der Waals surface area contributed by atoms with Crippen molar-refractivity contribution in [1.82, 2.24) is 9.88 Å². The second kappa shape index (κ2) is 8.44. The molecule has 0 N–H and O–H groups in total. The predicted molar refractivity (Wildman–Crippen MR) is 109 cm³/mol. The summed E-state index contributed by atoms with van der Waals surface area (Å²) in [6.45, 7) is 2.85. The van der Waals surface area contributed by atoms with Crippen molar-refractivity contribution in [2.45, 2.75) is 12.8 Å². The van der Waals surface area contributed by atoms with Crippen molar-refractivity contribution in [1.29, 1.82) is 0 Å². The van der Waals surface area contributed by atoms with Gasteiger partial charge in [-0.1, -0.05) is 30.3 Å². The predicted octanol–water partition coefficient (Wildman–Crippen LogP) is 5.36. The lowest BCUT2D eigenvalue weighted by atomic mass is 9.99. The van der Waals surface area contributed by atoms with E-state index in [-0.39, 0.29) is 11.6 Å². The summed E-state index contributed by atoms with van der Waals surface area (Å²) in [5, 5.41) is 0. The summed E-state index contributed by atoms with van der Waals surface area (Å²) in [6, 6.07) is 15.4. The molecule has 0 amide bonds. The maximum absolute atomic E-state index is 13.1. The Hall–Kier alpha value is -2.85. The summed E-state index contributed by atoms with van der Waals surface area (Å²) in [5.74, 6) is -0.427. The molecule has 1 aliphatic rings. The van der Waals surface area contributed by atoms with Gasteiger partial charge in [0.05, 0.1) is 0 Å². The molecule has 0 radical (unpaired) electrons. The number of aromatic nitrogens is 1. The van der Waals surface area contributed by atoms with E-state index in [2.05, 4.69) is 22.0 Å². The SMILES string of the molecule is Fc1ccc(C2=CCN(CCc3cncc(-c4ccc(F)cc4)c3)CC2)cc1. The third-order valence-electron chi connectivity index (χ3n) is 5.20. The van der Waals surface area contributed by atoms with Crippen LogP contribution >= 0.6 is 0 Å². The number of rotatable bonds is 5. The molecule has 0 spiro atoms. The second-order valence-corrected chi connectivity index (χ2v) is 7.13. The molecule has 4 heteroatoms. The molecule has 0 unspecified atom stereocenters. The third-order valence-corrected chi connectivity index (χ3v) is 5.20. The zero-order chi connectivity index (χ0) is 19.3. The van der Waals surface area contributed by atoms with Crippen LogP contribution in [0.4, 0.5) is 8.78 Å². The van der Waals surface area contributed by atoms with Gasteiger partial charge in [0.2, 0.25) is 0 Å². The van der Waals surface area contributed by atoms with Gasteiger partial charge in [-0.3, -0.25) is 9.88 Å². The lowest BCUT2D eigenvalue weighted by Gasteiger charge is -2.26. The number of hydrogen-bond acceptors (Lipinski definition) is 2. The standard InChI is InChI=1S/C24H22F2N2/c25-23-5-1-19(2-6-23)21-10-13-28(14-11-21)12-9-18-15-22(17-27-16-18)20-3-7-24(26)8-4-20/h1-8,10,15-17H,9,11-14H2. The average Bonchev–Trinajstić information content (AvgIpc) is 2.74. The smallest absolute Gasteiger partial charge is 0.123 e. The van der Waals surface area contributed by atoms with Gasteiger partial charge in [0.1, 0.15) is 11.6 Å². The highest BCUT2D eigenvalue weighted by Gasteiger charge is 2.13. The summed E-state index contributed by atoms with van der Waals surface area (Å²) < 4.78 is 26.2. The van der Waals surface area contributed by atoms with Crippen molar-refractivity contribution < 1.29 is 8.78 Å². The van der Waals surface area contributed by atoms with E-state index in [1.54, 1.807) is 12.1 Å². The van der Waals surface area contributed by atoms with Crippen LogP contribution < -0.4 is 0 Å². The Morgan fingerprint density at radius 1 is 0.821 bits per heavy atom. The number of pyridine rings is 1. The molecule has 4 rings (SSSR count). The van der Waals surface area contributed by atoms with Gasteiger partial charge in [-0.25, -0.2) is 8.78 Å². The summed E-state index contributed by atoms with van der Waals surface area (Å²) in [6.07, 6.45) is 7.84. The Morgan fingerprint density at radius 3 is 2.14 bits per heavy atom. The van der Waals surface area contributed by atoms with E-state index in [0.717, 1.165) is 49.2 Å². The van der Waals surface area contributed by atoms with Crippen molar-refractivity contribution in [3.8, 4) is 11.1 Å². The average molecular weight is 376 g/mol. The summed E-state index contributed by atoms with van der Waals surface area (Å²) in [5.41, 5.74) is 5.55. The molecular formula is C24H22F2N2.